The van der Waals surface area contributed by atoms with Crippen LogP contribution in [0.2, 0.25) is 0 Å². The molecular weight excluding hydrogens is 538 g/mol. The molecule has 4 aliphatic carbocycles. The van der Waals surface area contributed by atoms with Crippen molar-refractivity contribution in [2.75, 3.05) is 25.5 Å². The summed E-state index contributed by atoms with van der Waals surface area (Å²) in [6, 6.07) is 2.37. The molecule has 4 bridgehead atoms. The minimum atomic E-state index is -0.921. The van der Waals surface area contributed by atoms with E-state index in [0.29, 0.717) is 24.8 Å². The third kappa shape index (κ3) is 7.29. The molecule has 0 spiro atoms. The topological polar surface area (TPSA) is 148 Å². The first-order chi connectivity index (χ1) is 20.3. The van der Waals surface area contributed by atoms with Gasteiger partial charge in [0.2, 0.25) is 17.7 Å². The van der Waals surface area contributed by atoms with Crippen LogP contribution < -0.4 is 26.8 Å². The largest absolute Gasteiger partial charge is 0.466 e. The van der Waals surface area contributed by atoms with Gasteiger partial charge in [0.25, 0.3) is 5.56 Å². The number of allylic oxidation sites excluding steroid dienone is 1. The lowest BCUT2D eigenvalue weighted by molar-refractivity contribution is -0.135. The van der Waals surface area contributed by atoms with Crippen LogP contribution in [-0.2, 0) is 30.5 Å². The zero-order chi connectivity index (χ0) is 29.6. The maximum Gasteiger partial charge on any atom is 0.330 e. The van der Waals surface area contributed by atoms with E-state index in [-0.39, 0.29) is 42.4 Å². The van der Waals surface area contributed by atoms with Crippen molar-refractivity contribution in [3.63, 3.8) is 0 Å². The van der Waals surface area contributed by atoms with E-state index in [0.717, 1.165) is 31.2 Å². The van der Waals surface area contributed by atoms with Gasteiger partial charge in [0, 0.05) is 24.9 Å². The molecule has 5 aliphatic rings. The van der Waals surface area contributed by atoms with Gasteiger partial charge < -0.3 is 30.6 Å². The van der Waals surface area contributed by atoms with Crippen LogP contribution in [0.1, 0.15) is 57.8 Å². The van der Waals surface area contributed by atoms with Crippen LogP contribution in [0.25, 0.3) is 0 Å². The monoisotopic (exact) mass is 581 g/mol. The maximum absolute atomic E-state index is 13.3. The zero-order valence-corrected chi connectivity index (χ0v) is 24.3. The van der Waals surface area contributed by atoms with Crippen molar-refractivity contribution in [3.8, 4) is 0 Å². The zero-order valence-electron chi connectivity index (χ0n) is 24.3. The predicted molar refractivity (Wildman–Crippen MR) is 156 cm³/mol. The number of hydrogen-bond donors (Lipinski definition) is 4. The minimum absolute atomic E-state index is 0.0357. The van der Waals surface area contributed by atoms with Crippen LogP contribution in [0.4, 0.5) is 5.69 Å². The normalized spacial score (nSPS) is 28.7. The van der Waals surface area contributed by atoms with E-state index in [1.54, 1.807) is 18.3 Å². The Hall–Kier alpha value is -3.47. The second-order valence-electron chi connectivity index (χ2n) is 12.5. The number of anilines is 1. The Balaban J connectivity index is 1.21. The average molecular weight is 582 g/mol. The van der Waals surface area contributed by atoms with Gasteiger partial charge in [0.1, 0.15) is 18.3 Å². The SMILES string of the molecule is COC(=O)/C=C/CCC(NC(=O)[C@@H]1CCCNC1)C(=O)Nc1cccn(CC(=O)NC2C3CC4CC(C3)CC2C4)c1=O. The van der Waals surface area contributed by atoms with Crippen molar-refractivity contribution in [1.29, 1.82) is 0 Å². The highest BCUT2D eigenvalue weighted by atomic mass is 16.5. The number of pyridine rings is 1. The number of piperidine rings is 1. The van der Waals surface area contributed by atoms with E-state index < -0.39 is 23.5 Å². The number of ether oxygens (including phenoxy) is 1. The number of amides is 3. The molecule has 6 rings (SSSR count). The lowest BCUT2D eigenvalue weighted by atomic mass is 9.54. The van der Waals surface area contributed by atoms with Crippen molar-refractivity contribution < 1.29 is 23.9 Å². The average Bonchev–Trinajstić information content (AvgIpc) is 2.98. The van der Waals surface area contributed by atoms with Gasteiger partial charge in [-0.3, -0.25) is 19.2 Å². The van der Waals surface area contributed by atoms with E-state index in [4.69, 9.17) is 0 Å². The van der Waals surface area contributed by atoms with Gasteiger partial charge >= 0.3 is 5.97 Å². The molecule has 2 heterocycles. The van der Waals surface area contributed by atoms with E-state index in [2.05, 4.69) is 26.0 Å². The number of methoxy groups -OCH3 is 1. The van der Waals surface area contributed by atoms with Crippen molar-refractivity contribution in [2.45, 2.75) is 76.4 Å². The molecular formula is C31H43N5O6. The minimum Gasteiger partial charge on any atom is -0.466 e. The fourth-order valence-electron chi connectivity index (χ4n) is 7.67. The Morgan fingerprint density at radius 2 is 1.86 bits per heavy atom. The fourth-order valence-corrected chi connectivity index (χ4v) is 7.67. The summed E-state index contributed by atoms with van der Waals surface area (Å²) in [5.74, 6) is 0.963. The number of nitrogens with zero attached hydrogens (tertiary/aromatic N) is 1. The van der Waals surface area contributed by atoms with Gasteiger partial charge in [0.15, 0.2) is 0 Å². The molecule has 42 heavy (non-hydrogen) atoms. The number of rotatable bonds is 11. The molecule has 0 aromatic carbocycles. The summed E-state index contributed by atoms with van der Waals surface area (Å²) in [6.07, 6.45) is 12.6. The smallest absolute Gasteiger partial charge is 0.330 e. The first kappa shape index (κ1) is 30.0. The molecule has 11 nitrogen and oxygen atoms in total. The lowest BCUT2D eigenvalue weighted by Crippen LogP contribution is -2.56. The van der Waals surface area contributed by atoms with Gasteiger partial charge in [-0.25, -0.2) is 4.79 Å². The third-order valence-corrected chi connectivity index (χ3v) is 9.52. The first-order valence-corrected chi connectivity index (χ1v) is 15.4. The van der Waals surface area contributed by atoms with Crippen molar-refractivity contribution in [3.05, 3.63) is 40.8 Å². The van der Waals surface area contributed by atoms with Gasteiger partial charge in [-0.05, 0) is 100 Å². The van der Waals surface area contributed by atoms with Gasteiger partial charge in [-0.2, -0.15) is 0 Å². The summed E-state index contributed by atoms with van der Waals surface area (Å²) in [4.78, 5) is 63.9. The number of aromatic nitrogens is 1. The Bertz CT molecular complexity index is 1220. The summed E-state index contributed by atoms with van der Waals surface area (Å²) < 4.78 is 5.91. The van der Waals surface area contributed by atoms with E-state index in [9.17, 15) is 24.0 Å². The number of carbonyl (C=O) groups is 4. The van der Waals surface area contributed by atoms with E-state index in [1.807, 2.05) is 0 Å². The summed E-state index contributed by atoms with van der Waals surface area (Å²) in [5, 5.41) is 11.9. The molecule has 2 atom stereocenters. The Labute approximate surface area is 246 Å². The van der Waals surface area contributed by atoms with Crippen LogP contribution in [0.15, 0.2) is 35.3 Å². The second-order valence-corrected chi connectivity index (χ2v) is 12.5. The Kier molecular flexibility index (Phi) is 9.76. The predicted octanol–water partition coefficient (Wildman–Crippen LogP) is 1.72. The van der Waals surface area contributed by atoms with Gasteiger partial charge in [-0.15, -0.1) is 0 Å². The highest BCUT2D eigenvalue weighted by molar-refractivity contribution is 5.97. The van der Waals surface area contributed by atoms with Crippen LogP contribution in [-0.4, -0.2) is 60.5 Å². The van der Waals surface area contributed by atoms with Crippen LogP contribution in [0, 0.1) is 29.6 Å². The molecule has 1 aromatic rings. The molecule has 228 valence electrons. The highest BCUT2D eigenvalue weighted by Crippen LogP contribution is 2.53. The molecule has 1 aromatic heterocycles. The van der Waals surface area contributed by atoms with Crippen LogP contribution in [0.3, 0.4) is 0 Å². The molecule has 4 saturated carbocycles. The first-order valence-electron chi connectivity index (χ1n) is 15.4. The molecule has 5 fully saturated rings. The third-order valence-electron chi connectivity index (χ3n) is 9.52. The molecule has 1 aliphatic heterocycles. The van der Waals surface area contributed by atoms with Crippen LogP contribution in [0.5, 0.6) is 0 Å². The summed E-state index contributed by atoms with van der Waals surface area (Å²) in [6.45, 7) is 1.27. The molecule has 11 heteroatoms. The second kappa shape index (κ2) is 13.7. The Morgan fingerprint density at radius 3 is 2.52 bits per heavy atom. The number of nitrogens with one attached hydrogen (secondary N) is 4. The van der Waals surface area contributed by atoms with Crippen molar-refractivity contribution in [1.82, 2.24) is 20.5 Å². The number of hydrogen-bond acceptors (Lipinski definition) is 7. The van der Waals surface area contributed by atoms with Gasteiger partial charge in [-0.1, -0.05) is 6.08 Å². The summed E-state index contributed by atoms with van der Waals surface area (Å²) in [5.41, 5.74) is -0.452. The molecule has 4 N–H and O–H groups in total. The lowest BCUT2D eigenvalue weighted by Gasteiger charge is -2.54. The number of esters is 1. The number of carbonyl (C=O) groups excluding carboxylic acids is 4. The maximum atomic E-state index is 13.3. The quantitative estimate of drug-likeness (QED) is 0.230. The summed E-state index contributed by atoms with van der Waals surface area (Å²) in [7, 11) is 1.28. The van der Waals surface area contributed by atoms with E-state index >= 15 is 0 Å². The van der Waals surface area contributed by atoms with Gasteiger partial charge in [0.05, 0.1) is 13.0 Å². The highest BCUT2D eigenvalue weighted by Gasteiger charge is 2.48. The Morgan fingerprint density at radius 1 is 1.12 bits per heavy atom. The molecule has 3 amide bonds. The standard InChI is InChI=1S/C31H43N5O6/c1-42-27(38)9-3-2-7-24(33-29(39)21-6-4-10-32-17-21)30(40)34-25-8-5-11-36(31(25)41)18-26(37)35-28-22-13-19-12-20(15-22)16-23(28)14-19/h3,5,8-9,11,19-24,28,32H,2,4,6-7,10,12-18H2,1H3,(H,33,39)(H,34,40)(H,35,37)/b9-3+/t19?,20?,21-,22?,23?,24?,28?/m1/s1. The molecule has 1 saturated heterocycles. The summed E-state index contributed by atoms with van der Waals surface area (Å²) >= 11 is 0. The van der Waals surface area contributed by atoms with Crippen molar-refractivity contribution in [2.24, 2.45) is 29.6 Å². The van der Waals surface area contributed by atoms with Crippen LogP contribution >= 0.6 is 0 Å². The fraction of sp³-hybridized carbons (Fsp3) is 0.645. The molecule has 1 unspecified atom stereocenters. The van der Waals surface area contributed by atoms with E-state index in [1.165, 1.54) is 55.9 Å². The molecule has 0 radical (unpaired) electrons. The van der Waals surface area contributed by atoms with Crippen molar-refractivity contribution >= 4 is 29.4 Å².